The molecule has 1 heterocycles. The van der Waals surface area contributed by atoms with E-state index < -0.39 is 0 Å². The van der Waals surface area contributed by atoms with Crippen LogP contribution in [0.2, 0.25) is 5.02 Å². The Kier molecular flexibility index (Phi) is 5.53. The Morgan fingerprint density at radius 2 is 1.97 bits per heavy atom. The van der Waals surface area contributed by atoms with Crippen LogP contribution in [0.5, 0.6) is 0 Å². The first-order chi connectivity index (χ1) is 14.4. The number of carbonyl (C=O) groups excluding carboxylic acids is 1. The van der Waals surface area contributed by atoms with Gasteiger partial charge in [0.25, 0.3) is 0 Å². The summed E-state index contributed by atoms with van der Waals surface area (Å²) in [5.41, 5.74) is 1.92. The van der Waals surface area contributed by atoms with Gasteiger partial charge in [-0.15, -0.1) is 0 Å². The summed E-state index contributed by atoms with van der Waals surface area (Å²) in [5.74, 6) is 2.61. The third kappa shape index (κ3) is 3.87. The molecule has 0 radical (unpaired) electrons. The van der Waals surface area contributed by atoms with Crippen LogP contribution in [-0.4, -0.2) is 40.0 Å². The maximum absolute atomic E-state index is 13.2. The van der Waals surface area contributed by atoms with Gasteiger partial charge in [0.2, 0.25) is 5.91 Å². The second kappa shape index (κ2) is 8.03. The minimum Gasteiger partial charge on any atom is -0.383 e. The first kappa shape index (κ1) is 20.7. The molecule has 0 saturated heterocycles. The number of aromatic nitrogens is 2. The summed E-state index contributed by atoms with van der Waals surface area (Å²) < 4.78 is 7.42. The van der Waals surface area contributed by atoms with Crippen molar-refractivity contribution in [3.05, 3.63) is 23.2 Å². The van der Waals surface area contributed by atoms with Crippen LogP contribution in [0.3, 0.4) is 0 Å². The second-order valence-corrected chi connectivity index (χ2v) is 11.4. The average Bonchev–Trinajstić information content (AvgIpc) is 3.00. The van der Waals surface area contributed by atoms with Gasteiger partial charge < -0.3 is 14.6 Å². The lowest BCUT2D eigenvalue weighted by atomic mass is 9.53. The van der Waals surface area contributed by atoms with E-state index in [-0.39, 0.29) is 16.7 Å². The molecule has 5 nitrogen and oxygen atoms in total. The van der Waals surface area contributed by atoms with E-state index >= 15 is 0 Å². The van der Waals surface area contributed by atoms with Crippen molar-refractivity contribution in [3.8, 4) is 0 Å². The molecular formula is C23H30ClN3O2S. The predicted octanol–water partition coefficient (Wildman–Crippen LogP) is 4.90. The molecule has 4 aliphatic rings. The van der Waals surface area contributed by atoms with Crippen molar-refractivity contribution in [2.45, 2.75) is 67.9 Å². The molecule has 4 aliphatic carbocycles. The molecule has 2 aromatic rings. The standard InChI is InChI=1S/C23H30ClN3O2S/c1-14(21(28)26-23-11-15-7-16(12-23)9-17(8-15)13-23)30-22-25-19-10-18(24)3-4-20(19)27(22)5-6-29-2/h3-4,10,14-17H,5-9,11-13H2,1-2H3,(H,26,28). The summed E-state index contributed by atoms with van der Waals surface area (Å²) in [6.45, 7) is 3.28. The Balaban J connectivity index is 1.33. The van der Waals surface area contributed by atoms with E-state index in [4.69, 9.17) is 21.3 Å². The van der Waals surface area contributed by atoms with Crippen LogP contribution in [0.15, 0.2) is 23.4 Å². The smallest absolute Gasteiger partial charge is 0.233 e. The number of ether oxygens (including phenoxy) is 1. The molecule has 1 aromatic heterocycles. The molecule has 162 valence electrons. The predicted molar refractivity (Wildman–Crippen MR) is 121 cm³/mol. The number of rotatable bonds is 7. The monoisotopic (exact) mass is 447 g/mol. The highest BCUT2D eigenvalue weighted by Crippen LogP contribution is 2.55. The van der Waals surface area contributed by atoms with Crippen molar-refractivity contribution >= 4 is 40.3 Å². The van der Waals surface area contributed by atoms with Gasteiger partial charge >= 0.3 is 0 Å². The fourth-order valence-corrected chi connectivity index (χ4v) is 7.52. The molecule has 30 heavy (non-hydrogen) atoms. The quantitative estimate of drug-likeness (QED) is 0.613. The molecule has 4 bridgehead atoms. The second-order valence-electron chi connectivity index (χ2n) is 9.62. The summed E-state index contributed by atoms with van der Waals surface area (Å²) in [7, 11) is 1.70. The number of imidazole rings is 1. The Morgan fingerprint density at radius 3 is 2.60 bits per heavy atom. The normalized spacial score (nSPS) is 30.7. The number of fused-ring (bicyclic) bond motifs is 1. The zero-order chi connectivity index (χ0) is 20.9. The summed E-state index contributed by atoms with van der Waals surface area (Å²) in [6, 6.07) is 5.75. The van der Waals surface area contributed by atoms with Crippen LogP contribution in [0.1, 0.15) is 45.4 Å². The van der Waals surface area contributed by atoms with E-state index in [0.29, 0.717) is 18.2 Å². The first-order valence-electron chi connectivity index (χ1n) is 11.1. The maximum Gasteiger partial charge on any atom is 0.233 e. The molecule has 1 aromatic carbocycles. The number of hydrogen-bond acceptors (Lipinski definition) is 4. The van der Waals surface area contributed by atoms with Gasteiger partial charge in [0.05, 0.1) is 22.9 Å². The van der Waals surface area contributed by atoms with E-state index in [1.54, 1.807) is 7.11 Å². The number of nitrogens with one attached hydrogen (secondary N) is 1. The van der Waals surface area contributed by atoms with E-state index in [1.807, 2.05) is 25.1 Å². The highest BCUT2D eigenvalue weighted by Gasteiger charge is 2.51. The van der Waals surface area contributed by atoms with Crippen LogP contribution in [0.4, 0.5) is 0 Å². The Bertz CT molecular complexity index is 924. The topological polar surface area (TPSA) is 56.1 Å². The minimum atomic E-state index is -0.202. The van der Waals surface area contributed by atoms with E-state index in [9.17, 15) is 4.79 Å². The molecule has 4 saturated carbocycles. The van der Waals surface area contributed by atoms with E-state index in [0.717, 1.165) is 33.9 Å². The highest BCUT2D eigenvalue weighted by atomic mass is 35.5. The molecule has 1 amide bonds. The Labute approximate surface area is 187 Å². The number of carbonyl (C=O) groups is 1. The average molecular weight is 448 g/mol. The van der Waals surface area contributed by atoms with E-state index in [1.165, 1.54) is 50.3 Å². The number of thioether (sulfide) groups is 1. The fourth-order valence-electron chi connectivity index (χ4n) is 6.41. The van der Waals surface area contributed by atoms with Gasteiger partial charge in [0, 0.05) is 24.2 Å². The molecule has 1 N–H and O–H groups in total. The molecule has 1 unspecified atom stereocenters. The zero-order valence-corrected chi connectivity index (χ0v) is 19.3. The van der Waals surface area contributed by atoms with E-state index in [2.05, 4.69) is 9.88 Å². The number of benzene rings is 1. The van der Waals surface area contributed by atoms with Crippen molar-refractivity contribution in [2.24, 2.45) is 17.8 Å². The zero-order valence-electron chi connectivity index (χ0n) is 17.7. The molecule has 0 spiro atoms. The van der Waals surface area contributed by atoms with Gasteiger partial charge in [0.1, 0.15) is 0 Å². The number of methoxy groups -OCH3 is 1. The minimum absolute atomic E-state index is 0.0460. The van der Waals surface area contributed by atoms with Crippen molar-refractivity contribution in [1.29, 1.82) is 0 Å². The Morgan fingerprint density at radius 1 is 1.30 bits per heavy atom. The largest absolute Gasteiger partial charge is 0.383 e. The van der Waals surface area contributed by atoms with Crippen molar-refractivity contribution < 1.29 is 9.53 Å². The van der Waals surface area contributed by atoms with Crippen molar-refractivity contribution in [1.82, 2.24) is 14.9 Å². The van der Waals surface area contributed by atoms with Gasteiger partial charge in [-0.2, -0.15) is 0 Å². The molecular weight excluding hydrogens is 418 g/mol. The van der Waals surface area contributed by atoms with Crippen LogP contribution in [0.25, 0.3) is 11.0 Å². The van der Waals surface area contributed by atoms with Gasteiger partial charge in [-0.3, -0.25) is 4.79 Å². The van der Waals surface area contributed by atoms with Gasteiger partial charge in [0.15, 0.2) is 5.16 Å². The maximum atomic E-state index is 13.2. The lowest BCUT2D eigenvalue weighted by molar-refractivity contribution is -0.126. The molecule has 0 aliphatic heterocycles. The lowest BCUT2D eigenvalue weighted by Crippen LogP contribution is -2.60. The van der Waals surface area contributed by atoms with Crippen LogP contribution >= 0.6 is 23.4 Å². The van der Waals surface area contributed by atoms with Gasteiger partial charge in [-0.05, 0) is 81.4 Å². The highest BCUT2D eigenvalue weighted by molar-refractivity contribution is 8.00. The SMILES string of the molecule is COCCn1c(SC(C)C(=O)NC23CC4CC(CC(C4)C2)C3)nc2cc(Cl)ccc21. The third-order valence-corrected chi connectivity index (χ3v) is 8.60. The van der Waals surface area contributed by atoms with Crippen LogP contribution in [-0.2, 0) is 16.1 Å². The first-order valence-corrected chi connectivity index (χ1v) is 12.3. The summed E-state index contributed by atoms with van der Waals surface area (Å²) in [6.07, 6.45) is 7.66. The lowest BCUT2D eigenvalue weighted by Gasteiger charge is -2.57. The summed E-state index contributed by atoms with van der Waals surface area (Å²) >= 11 is 7.70. The number of hydrogen-bond donors (Lipinski definition) is 1. The number of nitrogens with zero attached hydrogens (tertiary/aromatic N) is 2. The van der Waals surface area contributed by atoms with Crippen LogP contribution in [0, 0.1) is 17.8 Å². The molecule has 7 heteroatoms. The fraction of sp³-hybridized carbons (Fsp3) is 0.652. The molecule has 6 rings (SSSR count). The van der Waals surface area contributed by atoms with Crippen molar-refractivity contribution in [3.63, 3.8) is 0 Å². The number of amides is 1. The van der Waals surface area contributed by atoms with Gasteiger partial charge in [-0.25, -0.2) is 4.98 Å². The third-order valence-electron chi connectivity index (χ3n) is 7.27. The van der Waals surface area contributed by atoms with Gasteiger partial charge in [-0.1, -0.05) is 23.4 Å². The summed E-state index contributed by atoms with van der Waals surface area (Å²) in [5, 5.41) is 4.82. The van der Waals surface area contributed by atoms with Crippen molar-refractivity contribution in [2.75, 3.05) is 13.7 Å². The Hall–Kier alpha value is -1.24. The van der Waals surface area contributed by atoms with Crippen LogP contribution < -0.4 is 5.32 Å². The summed E-state index contributed by atoms with van der Waals surface area (Å²) in [4.78, 5) is 18.0. The molecule has 4 fully saturated rings. The number of halogens is 1. The molecule has 1 atom stereocenters.